The van der Waals surface area contributed by atoms with E-state index in [9.17, 15) is 9.18 Å². The Kier molecular flexibility index (Phi) is 6.18. The number of halogens is 1. The van der Waals surface area contributed by atoms with Crippen molar-refractivity contribution in [2.24, 2.45) is 0 Å². The second-order valence-electron chi connectivity index (χ2n) is 5.71. The summed E-state index contributed by atoms with van der Waals surface area (Å²) in [6.07, 6.45) is 6.11. The van der Waals surface area contributed by atoms with Gasteiger partial charge in [0, 0.05) is 24.7 Å². The van der Waals surface area contributed by atoms with Crippen LogP contribution in [0.4, 0.5) is 4.39 Å². The van der Waals surface area contributed by atoms with Gasteiger partial charge < -0.3 is 10.2 Å². The summed E-state index contributed by atoms with van der Waals surface area (Å²) >= 11 is 0. The summed E-state index contributed by atoms with van der Waals surface area (Å²) in [5.41, 5.74) is 0.515. The highest BCUT2D eigenvalue weighted by molar-refractivity contribution is 5.94. The number of nitrogens with one attached hydrogen (secondary N) is 1. The summed E-state index contributed by atoms with van der Waals surface area (Å²) in [5.74, 6) is -0.442. The Labute approximate surface area is 126 Å². The third kappa shape index (κ3) is 4.81. The Morgan fingerprint density at radius 2 is 2.10 bits per heavy atom. The summed E-state index contributed by atoms with van der Waals surface area (Å²) in [5, 5.41) is 2.90. The smallest absolute Gasteiger partial charge is 0.251 e. The van der Waals surface area contributed by atoms with Crippen LogP contribution in [-0.2, 0) is 0 Å². The number of carbonyl (C=O) groups excluding carboxylic acids is 1. The molecule has 2 rings (SSSR count). The van der Waals surface area contributed by atoms with Crippen LogP contribution in [0.3, 0.4) is 0 Å². The number of nitrogens with zero attached hydrogens (tertiary/aromatic N) is 1. The lowest BCUT2D eigenvalue weighted by atomic mass is 10.00. The van der Waals surface area contributed by atoms with Gasteiger partial charge in [0.15, 0.2) is 0 Å². The number of hydrogen-bond donors (Lipinski definition) is 1. The van der Waals surface area contributed by atoms with Crippen LogP contribution in [0.15, 0.2) is 24.3 Å². The van der Waals surface area contributed by atoms with E-state index in [1.165, 1.54) is 56.5 Å². The fourth-order valence-corrected chi connectivity index (χ4v) is 3.00. The number of carbonyl (C=O) groups is 1. The highest BCUT2D eigenvalue weighted by Crippen LogP contribution is 2.19. The Morgan fingerprint density at radius 1 is 1.33 bits per heavy atom. The summed E-state index contributed by atoms with van der Waals surface area (Å²) in [6, 6.07) is 6.37. The van der Waals surface area contributed by atoms with Crippen molar-refractivity contribution in [1.29, 1.82) is 0 Å². The Hall–Kier alpha value is -1.42. The van der Waals surface area contributed by atoms with Crippen molar-refractivity contribution in [1.82, 2.24) is 10.2 Å². The standard InChI is InChI=1S/C17H25FN2O/c1-2-16-6-3-4-12-20(16)13-5-11-19-17(21)14-7-9-15(18)10-8-14/h7-10,16H,2-6,11-13H2,1H3,(H,19,21). The predicted molar refractivity (Wildman–Crippen MR) is 82.9 cm³/mol. The van der Waals surface area contributed by atoms with E-state index >= 15 is 0 Å². The molecule has 1 aromatic rings. The molecule has 1 aliphatic rings. The number of amides is 1. The van der Waals surface area contributed by atoms with Gasteiger partial charge in [-0.1, -0.05) is 13.3 Å². The SMILES string of the molecule is CCC1CCCCN1CCCNC(=O)c1ccc(F)cc1. The van der Waals surface area contributed by atoms with Crippen LogP contribution in [0, 0.1) is 5.82 Å². The van der Waals surface area contributed by atoms with E-state index < -0.39 is 0 Å². The molecule has 0 aliphatic carbocycles. The predicted octanol–water partition coefficient (Wildman–Crippen LogP) is 3.21. The van der Waals surface area contributed by atoms with Crippen LogP contribution in [-0.4, -0.2) is 36.5 Å². The van der Waals surface area contributed by atoms with Crippen LogP contribution in [0.2, 0.25) is 0 Å². The molecule has 1 atom stereocenters. The van der Waals surface area contributed by atoms with E-state index in [-0.39, 0.29) is 11.7 Å². The molecule has 1 unspecified atom stereocenters. The fraction of sp³-hybridized carbons (Fsp3) is 0.588. The first kappa shape index (κ1) is 16.0. The second kappa shape index (κ2) is 8.13. The van der Waals surface area contributed by atoms with Gasteiger partial charge in [-0.2, -0.15) is 0 Å². The summed E-state index contributed by atoms with van der Waals surface area (Å²) in [4.78, 5) is 14.4. The molecule has 1 heterocycles. The number of hydrogen-bond acceptors (Lipinski definition) is 2. The van der Waals surface area contributed by atoms with Crippen molar-refractivity contribution in [2.45, 2.75) is 45.1 Å². The molecule has 0 aromatic heterocycles. The molecular weight excluding hydrogens is 267 g/mol. The normalized spacial score (nSPS) is 19.4. The van der Waals surface area contributed by atoms with Crippen molar-refractivity contribution in [3.63, 3.8) is 0 Å². The highest BCUT2D eigenvalue weighted by Gasteiger charge is 2.19. The zero-order valence-corrected chi connectivity index (χ0v) is 12.8. The second-order valence-corrected chi connectivity index (χ2v) is 5.71. The van der Waals surface area contributed by atoms with Gasteiger partial charge in [0.05, 0.1) is 0 Å². The van der Waals surface area contributed by atoms with Gasteiger partial charge in [-0.25, -0.2) is 4.39 Å². The summed E-state index contributed by atoms with van der Waals surface area (Å²) in [6.45, 7) is 5.15. The maximum absolute atomic E-state index is 12.8. The third-order valence-electron chi connectivity index (χ3n) is 4.23. The lowest BCUT2D eigenvalue weighted by Gasteiger charge is -2.35. The molecule has 1 N–H and O–H groups in total. The average molecular weight is 292 g/mol. The van der Waals surface area contributed by atoms with Gasteiger partial charge >= 0.3 is 0 Å². The first-order chi connectivity index (χ1) is 10.2. The van der Waals surface area contributed by atoms with E-state index in [0.29, 0.717) is 18.2 Å². The van der Waals surface area contributed by atoms with E-state index in [2.05, 4.69) is 17.1 Å². The van der Waals surface area contributed by atoms with Crippen LogP contribution in [0.25, 0.3) is 0 Å². The molecule has 4 heteroatoms. The molecule has 0 radical (unpaired) electrons. The minimum Gasteiger partial charge on any atom is -0.352 e. The molecule has 0 bridgehead atoms. The zero-order chi connectivity index (χ0) is 15.1. The van der Waals surface area contributed by atoms with Crippen LogP contribution in [0.1, 0.15) is 49.4 Å². The van der Waals surface area contributed by atoms with E-state index in [1.807, 2.05) is 0 Å². The van der Waals surface area contributed by atoms with Crippen LogP contribution < -0.4 is 5.32 Å². The van der Waals surface area contributed by atoms with Gasteiger partial charge in [0.2, 0.25) is 0 Å². The van der Waals surface area contributed by atoms with Gasteiger partial charge in [0.1, 0.15) is 5.82 Å². The molecule has 1 fully saturated rings. The Bertz CT molecular complexity index is 447. The maximum Gasteiger partial charge on any atom is 0.251 e. The third-order valence-corrected chi connectivity index (χ3v) is 4.23. The largest absolute Gasteiger partial charge is 0.352 e. The molecule has 1 amide bonds. The molecule has 3 nitrogen and oxygen atoms in total. The summed E-state index contributed by atoms with van der Waals surface area (Å²) in [7, 11) is 0. The van der Waals surface area contributed by atoms with E-state index in [1.54, 1.807) is 0 Å². The summed E-state index contributed by atoms with van der Waals surface area (Å²) < 4.78 is 12.8. The van der Waals surface area contributed by atoms with Crippen molar-refractivity contribution in [3.05, 3.63) is 35.6 Å². The lowest BCUT2D eigenvalue weighted by molar-refractivity contribution is 0.0947. The highest BCUT2D eigenvalue weighted by atomic mass is 19.1. The number of piperidine rings is 1. The topological polar surface area (TPSA) is 32.3 Å². The minimum atomic E-state index is -0.317. The fourth-order valence-electron chi connectivity index (χ4n) is 3.00. The number of benzene rings is 1. The van der Waals surface area contributed by atoms with Crippen LogP contribution >= 0.6 is 0 Å². The number of likely N-dealkylation sites (tertiary alicyclic amines) is 1. The Morgan fingerprint density at radius 3 is 2.81 bits per heavy atom. The maximum atomic E-state index is 12.8. The quantitative estimate of drug-likeness (QED) is 0.817. The lowest BCUT2D eigenvalue weighted by Crippen LogP contribution is -2.40. The molecule has 116 valence electrons. The molecule has 1 aromatic carbocycles. The average Bonchev–Trinajstić information content (AvgIpc) is 2.52. The van der Waals surface area contributed by atoms with Crippen molar-refractivity contribution in [3.8, 4) is 0 Å². The van der Waals surface area contributed by atoms with E-state index in [0.717, 1.165) is 13.0 Å². The molecule has 0 saturated carbocycles. The molecule has 0 spiro atoms. The van der Waals surface area contributed by atoms with Gasteiger partial charge in [-0.3, -0.25) is 4.79 Å². The van der Waals surface area contributed by atoms with Crippen molar-refractivity contribution in [2.75, 3.05) is 19.6 Å². The van der Waals surface area contributed by atoms with Gasteiger partial charge in [-0.15, -0.1) is 0 Å². The molecule has 1 saturated heterocycles. The van der Waals surface area contributed by atoms with Crippen molar-refractivity contribution < 1.29 is 9.18 Å². The monoisotopic (exact) mass is 292 g/mol. The first-order valence-corrected chi connectivity index (χ1v) is 7.98. The van der Waals surface area contributed by atoms with Gasteiger partial charge in [-0.05, 0) is 56.5 Å². The Balaban J connectivity index is 1.69. The molecule has 1 aliphatic heterocycles. The first-order valence-electron chi connectivity index (χ1n) is 7.98. The van der Waals surface area contributed by atoms with Crippen molar-refractivity contribution >= 4 is 5.91 Å². The zero-order valence-electron chi connectivity index (χ0n) is 12.8. The molecular formula is C17H25FN2O. The molecule has 21 heavy (non-hydrogen) atoms. The van der Waals surface area contributed by atoms with Crippen LogP contribution in [0.5, 0.6) is 0 Å². The minimum absolute atomic E-state index is 0.124. The van der Waals surface area contributed by atoms with E-state index in [4.69, 9.17) is 0 Å². The van der Waals surface area contributed by atoms with Gasteiger partial charge in [0.25, 0.3) is 5.91 Å². The number of rotatable bonds is 6.